The number of rotatable bonds is 26. The van der Waals surface area contributed by atoms with Gasteiger partial charge in [0.2, 0.25) is 23.6 Å². The van der Waals surface area contributed by atoms with Crippen LogP contribution < -0.4 is 21.7 Å². The van der Waals surface area contributed by atoms with E-state index in [0.29, 0.717) is 19.3 Å². The van der Waals surface area contributed by atoms with Crippen LogP contribution in [0.15, 0.2) is 5.11 Å². The van der Waals surface area contributed by atoms with Gasteiger partial charge in [-0.3, -0.25) is 28.8 Å². The third-order valence-corrected chi connectivity index (χ3v) is 8.35. The number of carboxylic acid groups (broad SMARTS) is 3. The largest absolute Gasteiger partial charge is 0.481 e. The number of hydrogen-bond donors (Lipinski definition) is 8. The van der Waals surface area contributed by atoms with Gasteiger partial charge in [0.15, 0.2) is 0 Å². The number of unbranched alkanes of at least 4 members (excludes halogenated alkanes) is 2. The molecule has 278 valence electrons. The minimum absolute atomic E-state index is 0.0228. The molecule has 0 saturated carbocycles. The smallest absolute Gasteiger partial charge is 0.326 e. The third-order valence-electron chi connectivity index (χ3n) is 7.91. The Morgan fingerprint density at radius 1 is 0.857 bits per heavy atom. The fraction of sp³-hybridized carbons (Fsp3) is 0.767. The number of carbonyl (C=O) groups is 7. The van der Waals surface area contributed by atoms with Gasteiger partial charge in [0.05, 0.1) is 5.41 Å². The second-order valence-corrected chi connectivity index (χ2v) is 13.1. The van der Waals surface area contributed by atoms with Crippen molar-refractivity contribution in [2.45, 2.75) is 83.7 Å². The summed E-state index contributed by atoms with van der Waals surface area (Å²) in [5, 5.41) is 39.0. The molecule has 0 aromatic heterocycles. The minimum atomic E-state index is -1.34. The number of amides is 4. The maximum Gasteiger partial charge on any atom is 0.326 e. The van der Waals surface area contributed by atoms with E-state index in [1.165, 1.54) is 18.7 Å². The molecule has 0 radical (unpaired) electrons. The van der Waals surface area contributed by atoms with Gasteiger partial charge in [-0.05, 0) is 77.2 Å². The van der Waals surface area contributed by atoms with Crippen molar-refractivity contribution in [3.05, 3.63) is 10.4 Å². The molecule has 19 heteroatoms. The third kappa shape index (κ3) is 18.3. The summed E-state index contributed by atoms with van der Waals surface area (Å²) in [5.41, 5.74) is 12.5. The Bertz CT molecular complexity index is 1200. The molecule has 49 heavy (non-hydrogen) atoms. The van der Waals surface area contributed by atoms with Crippen molar-refractivity contribution in [3.63, 3.8) is 0 Å². The first-order valence-corrected chi connectivity index (χ1v) is 16.6. The summed E-state index contributed by atoms with van der Waals surface area (Å²) in [7, 11) is 3.12. The Morgan fingerprint density at radius 2 is 1.39 bits per heavy atom. The highest BCUT2D eigenvalue weighted by Crippen LogP contribution is 2.32. The summed E-state index contributed by atoms with van der Waals surface area (Å²) in [5.74, 6) is -7.97. The predicted octanol–water partition coefficient (Wildman–Crippen LogP) is 0.999. The van der Waals surface area contributed by atoms with Crippen LogP contribution in [0.1, 0.15) is 71.6 Å². The zero-order chi connectivity index (χ0) is 37.7. The Labute approximate surface area is 291 Å². The molecular formula is C30H52N8O10S. The van der Waals surface area contributed by atoms with E-state index in [0.717, 1.165) is 0 Å². The van der Waals surface area contributed by atoms with Gasteiger partial charge >= 0.3 is 17.9 Å². The van der Waals surface area contributed by atoms with Crippen LogP contribution in [0.25, 0.3) is 10.4 Å². The number of thiol groups is 1. The summed E-state index contributed by atoms with van der Waals surface area (Å²) < 4.78 is 0. The molecule has 0 fully saturated rings. The van der Waals surface area contributed by atoms with Crippen LogP contribution in [0.3, 0.4) is 0 Å². The summed E-state index contributed by atoms with van der Waals surface area (Å²) in [4.78, 5) is 89.9. The fourth-order valence-corrected chi connectivity index (χ4v) is 5.30. The number of carboxylic acids is 3. The lowest BCUT2D eigenvalue weighted by Crippen LogP contribution is -2.42. The Balaban J connectivity index is 5.80. The Kier molecular flexibility index (Phi) is 21.4. The van der Waals surface area contributed by atoms with Crippen LogP contribution in [0.2, 0.25) is 0 Å². The van der Waals surface area contributed by atoms with Gasteiger partial charge in [0.25, 0.3) is 0 Å². The van der Waals surface area contributed by atoms with E-state index in [2.05, 4.69) is 38.6 Å². The molecule has 0 aliphatic heterocycles. The molecule has 5 atom stereocenters. The molecule has 0 aliphatic carbocycles. The van der Waals surface area contributed by atoms with Gasteiger partial charge in [0, 0.05) is 55.6 Å². The highest BCUT2D eigenvalue weighted by molar-refractivity contribution is 7.80. The van der Waals surface area contributed by atoms with Crippen LogP contribution >= 0.6 is 12.6 Å². The SMILES string of the molecule is CN(C)C(=O)C(CS)CC(CC(CC(C)(C)C(=O)O)C(=O)NCCCCC(N)C(=O)O)C(=O)NCCCCC(NC(=O)CN=[N+]=[N-])C(=O)O. The van der Waals surface area contributed by atoms with Crippen LogP contribution in [-0.4, -0.2) is 113 Å². The van der Waals surface area contributed by atoms with Crippen molar-refractivity contribution in [2.75, 3.05) is 39.5 Å². The number of nitrogens with two attached hydrogens (primary N) is 1. The van der Waals surface area contributed by atoms with Crippen molar-refractivity contribution in [1.29, 1.82) is 0 Å². The number of aliphatic carboxylic acids is 3. The van der Waals surface area contributed by atoms with Crippen molar-refractivity contribution < 1.29 is 48.9 Å². The second-order valence-electron chi connectivity index (χ2n) is 12.7. The van der Waals surface area contributed by atoms with E-state index in [1.807, 2.05) is 0 Å². The highest BCUT2D eigenvalue weighted by Gasteiger charge is 2.37. The molecule has 0 aliphatic rings. The zero-order valence-electron chi connectivity index (χ0n) is 28.6. The van der Waals surface area contributed by atoms with E-state index in [-0.39, 0.29) is 63.3 Å². The van der Waals surface area contributed by atoms with E-state index >= 15 is 0 Å². The summed E-state index contributed by atoms with van der Waals surface area (Å²) >= 11 is 4.31. The molecule has 0 bridgehead atoms. The first-order chi connectivity index (χ1) is 22.9. The highest BCUT2D eigenvalue weighted by atomic mass is 32.1. The lowest BCUT2D eigenvalue weighted by atomic mass is 9.77. The van der Waals surface area contributed by atoms with Gasteiger partial charge < -0.3 is 41.9 Å². The summed E-state index contributed by atoms with van der Waals surface area (Å²) in [6.45, 7) is 2.66. The van der Waals surface area contributed by atoms with Gasteiger partial charge in [-0.1, -0.05) is 5.11 Å². The minimum Gasteiger partial charge on any atom is -0.481 e. The number of carbonyl (C=O) groups excluding carboxylic acids is 4. The first kappa shape index (κ1) is 44.9. The van der Waals surface area contributed by atoms with Crippen molar-refractivity contribution in [1.82, 2.24) is 20.9 Å². The number of azide groups is 1. The average molecular weight is 717 g/mol. The van der Waals surface area contributed by atoms with E-state index < -0.39 is 77.4 Å². The Hall–Kier alpha value is -4.09. The lowest BCUT2D eigenvalue weighted by molar-refractivity contribution is -0.148. The number of nitrogens with zero attached hydrogens (tertiary/aromatic N) is 4. The lowest BCUT2D eigenvalue weighted by Gasteiger charge is -2.30. The molecule has 0 rings (SSSR count). The summed E-state index contributed by atoms with van der Waals surface area (Å²) in [6, 6.07) is -2.26. The maximum atomic E-state index is 13.6. The van der Waals surface area contributed by atoms with E-state index in [1.54, 1.807) is 14.1 Å². The van der Waals surface area contributed by atoms with E-state index in [9.17, 15) is 43.8 Å². The van der Waals surface area contributed by atoms with Crippen LogP contribution in [0.5, 0.6) is 0 Å². The molecular weight excluding hydrogens is 664 g/mol. The normalized spacial score (nSPS) is 14.2. The van der Waals surface area contributed by atoms with E-state index in [4.69, 9.17) is 16.4 Å². The van der Waals surface area contributed by atoms with Crippen molar-refractivity contribution in [3.8, 4) is 0 Å². The average Bonchev–Trinajstić information content (AvgIpc) is 3.03. The predicted molar refractivity (Wildman–Crippen MR) is 181 cm³/mol. The molecule has 4 amide bonds. The van der Waals surface area contributed by atoms with Crippen molar-refractivity contribution >= 4 is 54.2 Å². The van der Waals surface area contributed by atoms with Gasteiger partial charge in [-0.25, -0.2) is 4.79 Å². The monoisotopic (exact) mass is 716 g/mol. The Morgan fingerprint density at radius 3 is 1.86 bits per heavy atom. The molecule has 8 N–H and O–H groups in total. The maximum absolute atomic E-state index is 13.6. The van der Waals surface area contributed by atoms with Crippen LogP contribution in [0, 0.1) is 23.2 Å². The standard InChI is InChI=1S/C30H52N8O10S/c1-30(2,29(47)48)15-19(25(41)34-11-7-5-9-21(31)27(43)44)13-18(14-20(17-49)26(42)38(3)4)24(40)33-12-8-6-10-22(28(45)46)36-23(39)16-35-37-32/h18-22,49H,5-17,31H2,1-4H3,(H,33,40)(H,34,41)(H,36,39)(H,43,44)(H,45,46)(H,47,48). The summed E-state index contributed by atoms with van der Waals surface area (Å²) in [6.07, 6.45) is 1.52. The number of nitrogens with one attached hydrogen (secondary N) is 3. The molecule has 0 heterocycles. The zero-order valence-corrected chi connectivity index (χ0v) is 29.5. The van der Waals surface area contributed by atoms with Crippen molar-refractivity contribution in [2.24, 2.45) is 34.0 Å². The second kappa shape index (κ2) is 23.3. The number of hydrogen-bond acceptors (Lipinski definition) is 10. The van der Waals surface area contributed by atoms with Crippen LogP contribution in [-0.2, 0) is 33.6 Å². The molecule has 18 nitrogen and oxygen atoms in total. The van der Waals surface area contributed by atoms with Crippen LogP contribution in [0.4, 0.5) is 0 Å². The van der Waals surface area contributed by atoms with Gasteiger partial charge in [-0.2, -0.15) is 12.6 Å². The molecule has 0 spiro atoms. The molecule has 0 aromatic carbocycles. The molecule has 5 unspecified atom stereocenters. The quantitative estimate of drug-likeness (QED) is 0.0205. The molecule has 0 saturated heterocycles. The molecule has 0 aromatic rings. The first-order valence-electron chi connectivity index (χ1n) is 16.0. The topological polar surface area (TPSA) is 294 Å². The fourth-order valence-electron chi connectivity index (χ4n) is 4.99. The van der Waals surface area contributed by atoms with Gasteiger partial charge in [0.1, 0.15) is 18.6 Å². The van der Waals surface area contributed by atoms with Gasteiger partial charge in [-0.15, -0.1) is 0 Å².